The highest BCUT2D eigenvalue weighted by molar-refractivity contribution is 7.80. The van der Waals surface area contributed by atoms with Gasteiger partial charge in [-0.2, -0.15) is 0 Å². The molecule has 0 fully saturated rings. The zero-order valence-electron chi connectivity index (χ0n) is 13.1. The normalized spacial score (nSPS) is 11.2. The maximum absolute atomic E-state index is 5.76. The molecule has 2 aromatic rings. The first kappa shape index (κ1) is 15.7. The molecule has 0 aliphatic heterocycles. The SMILES string of the molecule is Cc1cccc(CC(=S)Oc2ccc(C(C)(C)C)cc2)c1. The lowest BCUT2D eigenvalue weighted by Crippen LogP contribution is -2.12. The number of aryl methyl sites for hydroxylation is 1. The molecule has 0 amide bonds. The summed E-state index contributed by atoms with van der Waals surface area (Å²) in [4.78, 5) is 0. The molecule has 0 radical (unpaired) electrons. The summed E-state index contributed by atoms with van der Waals surface area (Å²) >= 11 is 5.35. The van der Waals surface area contributed by atoms with Crippen LogP contribution >= 0.6 is 12.2 Å². The van der Waals surface area contributed by atoms with Crippen LogP contribution in [0.2, 0.25) is 0 Å². The van der Waals surface area contributed by atoms with Crippen molar-refractivity contribution in [3.63, 3.8) is 0 Å². The number of rotatable bonds is 3. The molecule has 0 atom stereocenters. The predicted molar refractivity (Wildman–Crippen MR) is 93.3 cm³/mol. The molecule has 110 valence electrons. The van der Waals surface area contributed by atoms with Gasteiger partial charge in [-0.3, -0.25) is 0 Å². The summed E-state index contributed by atoms with van der Waals surface area (Å²) in [6.07, 6.45) is 0.665. The van der Waals surface area contributed by atoms with Gasteiger partial charge in [0, 0.05) is 6.42 Å². The highest BCUT2D eigenvalue weighted by Crippen LogP contribution is 2.24. The summed E-state index contributed by atoms with van der Waals surface area (Å²) in [6.45, 7) is 8.68. The summed E-state index contributed by atoms with van der Waals surface area (Å²) in [6, 6.07) is 16.5. The van der Waals surface area contributed by atoms with E-state index in [0.717, 1.165) is 5.75 Å². The van der Waals surface area contributed by atoms with Crippen LogP contribution in [-0.4, -0.2) is 5.05 Å². The van der Waals surface area contributed by atoms with Crippen LogP contribution in [0.4, 0.5) is 0 Å². The zero-order valence-corrected chi connectivity index (χ0v) is 14.0. The third-order valence-corrected chi connectivity index (χ3v) is 3.61. The zero-order chi connectivity index (χ0) is 15.5. The van der Waals surface area contributed by atoms with Gasteiger partial charge in [0.2, 0.25) is 0 Å². The van der Waals surface area contributed by atoms with Crippen molar-refractivity contribution in [1.82, 2.24) is 0 Å². The number of hydrogen-bond donors (Lipinski definition) is 0. The Hall–Kier alpha value is -1.67. The standard InChI is InChI=1S/C19H22OS/c1-14-6-5-7-15(12-14)13-18(21)20-17-10-8-16(9-11-17)19(2,3)4/h5-12H,13H2,1-4H3. The molecular formula is C19H22OS. The van der Waals surface area contributed by atoms with E-state index in [1.165, 1.54) is 16.7 Å². The van der Waals surface area contributed by atoms with E-state index in [9.17, 15) is 0 Å². The molecule has 0 unspecified atom stereocenters. The Balaban J connectivity index is 2.00. The van der Waals surface area contributed by atoms with Crippen LogP contribution in [0.25, 0.3) is 0 Å². The minimum absolute atomic E-state index is 0.153. The summed E-state index contributed by atoms with van der Waals surface area (Å²) in [7, 11) is 0. The lowest BCUT2D eigenvalue weighted by molar-refractivity contribution is 0.549. The highest BCUT2D eigenvalue weighted by Gasteiger charge is 2.13. The van der Waals surface area contributed by atoms with E-state index in [4.69, 9.17) is 17.0 Å². The second-order valence-electron chi connectivity index (χ2n) is 6.41. The van der Waals surface area contributed by atoms with Crippen molar-refractivity contribution < 1.29 is 4.74 Å². The molecule has 1 nitrogen and oxygen atoms in total. The molecule has 0 aliphatic rings. The predicted octanol–water partition coefficient (Wildman–Crippen LogP) is 5.24. The average molecular weight is 298 g/mol. The van der Waals surface area contributed by atoms with Crippen molar-refractivity contribution in [2.24, 2.45) is 0 Å². The average Bonchev–Trinajstić information content (AvgIpc) is 2.38. The van der Waals surface area contributed by atoms with E-state index in [0.29, 0.717) is 11.5 Å². The Morgan fingerprint density at radius 3 is 2.29 bits per heavy atom. The summed E-state index contributed by atoms with van der Waals surface area (Å²) in [5, 5.41) is 0.601. The third-order valence-electron chi connectivity index (χ3n) is 3.38. The van der Waals surface area contributed by atoms with E-state index in [1.54, 1.807) is 0 Å². The largest absolute Gasteiger partial charge is 0.450 e. The van der Waals surface area contributed by atoms with E-state index in [2.05, 4.69) is 58.0 Å². The van der Waals surface area contributed by atoms with Gasteiger partial charge in [0.25, 0.3) is 0 Å². The third kappa shape index (κ3) is 4.68. The van der Waals surface area contributed by atoms with Gasteiger partial charge in [-0.25, -0.2) is 0 Å². The number of thiocarbonyl (C=S) groups is 1. The Kier molecular flexibility index (Phi) is 4.79. The molecule has 0 aliphatic carbocycles. The maximum atomic E-state index is 5.76. The summed E-state index contributed by atoms with van der Waals surface area (Å²) < 4.78 is 5.76. The molecule has 0 spiro atoms. The van der Waals surface area contributed by atoms with Crippen LogP contribution in [0.5, 0.6) is 5.75 Å². The van der Waals surface area contributed by atoms with Crippen LogP contribution in [0, 0.1) is 6.92 Å². The molecule has 0 bridgehead atoms. The van der Waals surface area contributed by atoms with E-state index < -0.39 is 0 Å². The quantitative estimate of drug-likeness (QED) is 0.716. The minimum Gasteiger partial charge on any atom is -0.450 e. The molecule has 0 heterocycles. The number of ether oxygens (including phenoxy) is 1. The van der Waals surface area contributed by atoms with Crippen molar-refractivity contribution in [3.8, 4) is 5.75 Å². The van der Waals surface area contributed by atoms with E-state index in [-0.39, 0.29) is 5.41 Å². The molecule has 21 heavy (non-hydrogen) atoms. The molecule has 0 saturated carbocycles. The second kappa shape index (κ2) is 6.40. The molecule has 0 N–H and O–H groups in total. The fourth-order valence-corrected chi connectivity index (χ4v) is 2.44. The molecule has 0 aromatic heterocycles. The Bertz CT molecular complexity index is 621. The van der Waals surface area contributed by atoms with Gasteiger partial charge < -0.3 is 4.74 Å². The smallest absolute Gasteiger partial charge is 0.171 e. The Labute approximate surface area is 133 Å². The lowest BCUT2D eigenvalue weighted by atomic mass is 9.87. The summed E-state index contributed by atoms with van der Waals surface area (Å²) in [5.41, 5.74) is 3.87. The minimum atomic E-state index is 0.153. The monoisotopic (exact) mass is 298 g/mol. The Morgan fingerprint density at radius 1 is 1.05 bits per heavy atom. The van der Waals surface area contributed by atoms with Gasteiger partial charge in [-0.15, -0.1) is 0 Å². The molecular weight excluding hydrogens is 276 g/mol. The Morgan fingerprint density at radius 2 is 1.71 bits per heavy atom. The van der Waals surface area contributed by atoms with Crippen molar-refractivity contribution in [1.29, 1.82) is 0 Å². The van der Waals surface area contributed by atoms with Crippen LogP contribution in [0.1, 0.15) is 37.5 Å². The van der Waals surface area contributed by atoms with Crippen LogP contribution in [-0.2, 0) is 11.8 Å². The fraction of sp³-hybridized carbons (Fsp3) is 0.316. The number of hydrogen-bond acceptors (Lipinski definition) is 2. The van der Waals surface area contributed by atoms with Gasteiger partial charge in [0.05, 0.1) is 0 Å². The van der Waals surface area contributed by atoms with Crippen molar-refractivity contribution >= 4 is 17.3 Å². The first-order valence-corrected chi connectivity index (χ1v) is 7.62. The molecule has 2 heteroatoms. The van der Waals surface area contributed by atoms with Gasteiger partial charge >= 0.3 is 0 Å². The molecule has 2 aromatic carbocycles. The van der Waals surface area contributed by atoms with Crippen molar-refractivity contribution in [2.45, 2.75) is 39.5 Å². The maximum Gasteiger partial charge on any atom is 0.171 e. The summed E-state index contributed by atoms with van der Waals surface area (Å²) in [5.74, 6) is 0.806. The van der Waals surface area contributed by atoms with Gasteiger partial charge in [0.15, 0.2) is 5.05 Å². The first-order valence-electron chi connectivity index (χ1n) is 7.21. The first-order chi connectivity index (χ1) is 9.84. The fourth-order valence-electron chi connectivity index (χ4n) is 2.18. The molecule has 2 rings (SSSR count). The highest BCUT2D eigenvalue weighted by atomic mass is 32.1. The van der Waals surface area contributed by atoms with E-state index in [1.807, 2.05) is 18.2 Å². The van der Waals surface area contributed by atoms with E-state index >= 15 is 0 Å². The topological polar surface area (TPSA) is 9.23 Å². The van der Waals surface area contributed by atoms with Gasteiger partial charge in [-0.1, -0.05) is 62.7 Å². The number of benzene rings is 2. The van der Waals surface area contributed by atoms with Crippen LogP contribution in [0.3, 0.4) is 0 Å². The van der Waals surface area contributed by atoms with Crippen molar-refractivity contribution in [3.05, 3.63) is 65.2 Å². The van der Waals surface area contributed by atoms with Crippen LogP contribution in [0.15, 0.2) is 48.5 Å². The molecule has 0 saturated heterocycles. The van der Waals surface area contributed by atoms with Crippen LogP contribution < -0.4 is 4.74 Å². The van der Waals surface area contributed by atoms with Gasteiger partial charge in [-0.05, 0) is 47.8 Å². The van der Waals surface area contributed by atoms with Gasteiger partial charge in [0.1, 0.15) is 5.75 Å². The second-order valence-corrected chi connectivity index (χ2v) is 6.87. The lowest BCUT2D eigenvalue weighted by Gasteiger charge is -2.19. The van der Waals surface area contributed by atoms with Crippen molar-refractivity contribution in [2.75, 3.05) is 0 Å².